The zero-order valence-corrected chi connectivity index (χ0v) is 28.2. The molecule has 0 aliphatic carbocycles. The smallest absolute Gasteiger partial charge is 0.410 e. The number of piperazine rings is 1. The monoisotopic (exact) mass is 667 g/mol. The molecule has 3 aromatic carbocycles. The van der Waals surface area contributed by atoms with E-state index in [2.05, 4.69) is 31.0 Å². The number of amides is 2. The topological polar surface area (TPSA) is 98.8 Å². The lowest BCUT2D eigenvalue weighted by molar-refractivity contribution is 0.0369. The molecule has 47 heavy (non-hydrogen) atoms. The van der Waals surface area contributed by atoms with Crippen molar-refractivity contribution in [2.45, 2.75) is 40.0 Å². The number of benzene rings is 3. The lowest BCUT2D eigenvalue weighted by Crippen LogP contribution is -2.59. The predicted octanol–water partition coefficient (Wildman–Crippen LogP) is 6.55. The van der Waals surface area contributed by atoms with Crippen molar-refractivity contribution in [3.8, 4) is 5.75 Å². The van der Waals surface area contributed by atoms with Gasteiger partial charge in [-0.3, -0.25) is 0 Å². The average Bonchev–Trinajstić information content (AvgIpc) is 3.07. The van der Waals surface area contributed by atoms with Crippen LogP contribution in [0.5, 0.6) is 5.75 Å². The molecule has 0 saturated carbocycles. The highest BCUT2D eigenvalue weighted by Crippen LogP contribution is 2.33. The number of hydrogen-bond donors (Lipinski definition) is 1. The highest BCUT2D eigenvalue weighted by atomic mass is 35.5. The largest absolute Gasteiger partial charge is 0.491 e. The van der Waals surface area contributed by atoms with E-state index >= 15 is 0 Å². The summed E-state index contributed by atoms with van der Waals surface area (Å²) in [6, 6.07) is 24.8. The third-order valence-electron chi connectivity index (χ3n) is 7.64. The predicted molar refractivity (Wildman–Crippen MR) is 182 cm³/mol. The Morgan fingerprint density at radius 3 is 2.09 bits per heavy atom. The molecule has 4 rings (SSSR count). The molecule has 11 heteroatoms. The van der Waals surface area contributed by atoms with Crippen LogP contribution in [0.3, 0.4) is 0 Å². The van der Waals surface area contributed by atoms with Gasteiger partial charge < -0.3 is 38.8 Å². The number of carbonyl (C=O) groups excluding carboxylic acids is 2. The van der Waals surface area contributed by atoms with Crippen LogP contribution in [0.25, 0.3) is 0 Å². The third kappa shape index (κ3) is 12.3. The van der Waals surface area contributed by atoms with E-state index in [0.29, 0.717) is 70.0 Å². The van der Waals surface area contributed by atoms with Crippen molar-refractivity contribution in [1.82, 2.24) is 10.2 Å². The molecule has 0 radical (unpaired) electrons. The molecule has 1 saturated heterocycles. The molecule has 1 N–H and O–H groups in total. The maximum absolute atomic E-state index is 13.1. The molecule has 1 fully saturated rings. The molecule has 10 nitrogen and oxygen atoms in total. The van der Waals surface area contributed by atoms with Gasteiger partial charge in [0.1, 0.15) is 25.6 Å². The minimum absolute atomic E-state index is 0.0669. The van der Waals surface area contributed by atoms with Crippen LogP contribution < -0.4 is 15.0 Å². The van der Waals surface area contributed by atoms with E-state index in [4.69, 9.17) is 35.3 Å². The Morgan fingerprint density at radius 1 is 0.809 bits per heavy atom. The van der Waals surface area contributed by atoms with Gasteiger partial charge in [-0.15, -0.1) is 0 Å². The van der Waals surface area contributed by atoms with E-state index in [1.807, 2.05) is 77.7 Å². The summed E-state index contributed by atoms with van der Waals surface area (Å²) in [7, 11) is 0. The summed E-state index contributed by atoms with van der Waals surface area (Å²) in [4.78, 5) is 29.0. The van der Waals surface area contributed by atoms with Crippen LogP contribution in [0.1, 0.15) is 31.9 Å². The van der Waals surface area contributed by atoms with Gasteiger partial charge in [-0.2, -0.15) is 0 Å². The number of ether oxygens (including phenoxy) is 5. The van der Waals surface area contributed by atoms with Gasteiger partial charge in [-0.05, 0) is 28.7 Å². The Labute approximate surface area is 282 Å². The van der Waals surface area contributed by atoms with Crippen LogP contribution in [0.4, 0.5) is 15.3 Å². The molecule has 0 bridgehead atoms. The van der Waals surface area contributed by atoms with Crippen molar-refractivity contribution in [3.05, 3.63) is 95.0 Å². The summed E-state index contributed by atoms with van der Waals surface area (Å²) in [6.45, 7) is 10.9. The maximum atomic E-state index is 13.1. The quantitative estimate of drug-likeness (QED) is 0.182. The molecule has 1 unspecified atom stereocenters. The van der Waals surface area contributed by atoms with Crippen LogP contribution in [0.2, 0.25) is 5.02 Å². The SMILES string of the molecule is CC(C)(C)C1CN(c2cc(Cl)cc(OCCOCCOCCNC(=O)OCc3ccccc3)c2)CCN1C(=O)OCc1ccccc1. The molecule has 2 amide bonds. The van der Waals surface area contributed by atoms with Crippen molar-refractivity contribution in [3.63, 3.8) is 0 Å². The Hall–Kier alpha value is -3.99. The van der Waals surface area contributed by atoms with Gasteiger partial charge in [0.25, 0.3) is 0 Å². The van der Waals surface area contributed by atoms with Crippen molar-refractivity contribution < 1.29 is 33.3 Å². The van der Waals surface area contributed by atoms with E-state index in [-0.39, 0.29) is 30.8 Å². The number of nitrogens with zero attached hydrogens (tertiary/aromatic N) is 2. The van der Waals surface area contributed by atoms with Gasteiger partial charge in [0.05, 0.1) is 32.5 Å². The van der Waals surface area contributed by atoms with E-state index in [9.17, 15) is 9.59 Å². The maximum Gasteiger partial charge on any atom is 0.410 e. The Balaban J connectivity index is 1.14. The minimum atomic E-state index is -0.481. The standard InChI is InChI=1S/C36H46ClN3O7/c1-36(2,3)33-25-39(15-16-40(33)35(42)47-27-29-12-8-5-9-13-29)31-22-30(37)23-32(24-31)45-21-20-44-19-18-43-17-14-38-34(41)46-26-28-10-6-4-7-11-28/h4-13,22-24,33H,14-21,25-27H2,1-3H3,(H,38,41). The van der Waals surface area contributed by atoms with Gasteiger partial charge in [-0.1, -0.05) is 93.0 Å². The molecule has 3 aromatic rings. The highest BCUT2D eigenvalue weighted by Gasteiger charge is 2.39. The second kappa shape index (κ2) is 18.4. The fourth-order valence-electron chi connectivity index (χ4n) is 5.13. The van der Waals surface area contributed by atoms with Gasteiger partial charge in [0.2, 0.25) is 0 Å². The number of alkyl carbamates (subject to hydrolysis) is 1. The number of carbonyl (C=O) groups is 2. The molecule has 254 valence electrons. The van der Waals surface area contributed by atoms with Gasteiger partial charge in [0.15, 0.2) is 0 Å². The van der Waals surface area contributed by atoms with Crippen LogP contribution in [0, 0.1) is 5.41 Å². The zero-order chi connectivity index (χ0) is 33.5. The van der Waals surface area contributed by atoms with E-state index in [1.165, 1.54) is 0 Å². The molecular weight excluding hydrogens is 622 g/mol. The van der Waals surface area contributed by atoms with Crippen LogP contribution in [-0.2, 0) is 32.2 Å². The minimum Gasteiger partial charge on any atom is -0.491 e. The summed E-state index contributed by atoms with van der Waals surface area (Å²) in [5.41, 5.74) is 2.65. The highest BCUT2D eigenvalue weighted by molar-refractivity contribution is 6.31. The number of anilines is 1. The van der Waals surface area contributed by atoms with Crippen molar-refractivity contribution >= 4 is 29.5 Å². The van der Waals surface area contributed by atoms with Crippen LogP contribution in [0.15, 0.2) is 78.9 Å². The van der Waals surface area contributed by atoms with Crippen molar-refractivity contribution in [1.29, 1.82) is 0 Å². The molecule has 1 heterocycles. The Kier molecular flexibility index (Phi) is 14.0. The first-order chi connectivity index (χ1) is 22.7. The Morgan fingerprint density at radius 2 is 1.43 bits per heavy atom. The number of halogens is 1. The van der Waals surface area contributed by atoms with Gasteiger partial charge in [-0.25, -0.2) is 9.59 Å². The van der Waals surface area contributed by atoms with Crippen LogP contribution >= 0.6 is 11.6 Å². The molecule has 0 aromatic heterocycles. The first-order valence-electron chi connectivity index (χ1n) is 15.9. The average molecular weight is 668 g/mol. The molecule has 1 aliphatic heterocycles. The number of nitrogens with one attached hydrogen (secondary N) is 1. The number of hydrogen-bond acceptors (Lipinski definition) is 8. The normalized spacial score (nSPS) is 14.9. The molecular formula is C36H46ClN3O7. The summed E-state index contributed by atoms with van der Waals surface area (Å²) in [5, 5.41) is 3.23. The molecule has 1 aliphatic rings. The first kappa shape index (κ1) is 35.9. The summed E-state index contributed by atoms with van der Waals surface area (Å²) < 4.78 is 27.9. The molecule has 1 atom stereocenters. The van der Waals surface area contributed by atoms with E-state index in [0.717, 1.165) is 16.8 Å². The summed E-state index contributed by atoms with van der Waals surface area (Å²) in [5.74, 6) is 0.648. The number of rotatable bonds is 15. The van der Waals surface area contributed by atoms with Crippen molar-refractivity contribution in [2.75, 3.05) is 64.1 Å². The Bertz CT molecular complexity index is 1390. The second-order valence-corrected chi connectivity index (χ2v) is 12.7. The fraction of sp³-hybridized carbons (Fsp3) is 0.444. The van der Waals surface area contributed by atoms with Crippen molar-refractivity contribution in [2.24, 2.45) is 5.41 Å². The summed E-state index contributed by atoms with van der Waals surface area (Å²) >= 11 is 6.49. The van der Waals surface area contributed by atoms with Gasteiger partial charge >= 0.3 is 12.2 Å². The lowest BCUT2D eigenvalue weighted by atomic mass is 9.84. The van der Waals surface area contributed by atoms with Crippen LogP contribution in [-0.4, -0.2) is 82.3 Å². The zero-order valence-electron chi connectivity index (χ0n) is 27.5. The third-order valence-corrected chi connectivity index (χ3v) is 7.86. The first-order valence-corrected chi connectivity index (χ1v) is 16.3. The lowest BCUT2D eigenvalue weighted by Gasteiger charge is -2.47. The van der Waals surface area contributed by atoms with E-state index in [1.54, 1.807) is 6.07 Å². The van der Waals surface area contributed by atoms with Gasteiger partial charge in [0, 0.05) is 43.0 Å². The molecule has 0 spiro atoms. The second-order valence-electron chi connectivity index (χ2n) is 12.3. The fourth-order valence-corrected chi connectivity index (χ4v) is 5.35. The summed E-state index contributed by atoms with van der Waals surface area (Å²) in [6.07, 6.45) is -0.782. The van der Waals surface area contributed by atoms with E-state index < -0.39 is 6.09 Å².